The number of carboxylic acids is 1. The van der Waals surface area contributed by atoms with Crippen molar-refractivity contribution >= 4 is 5.97 Å². The van der Waals surface area contributed by atoms with E-state index in [4.69, 9.17) is 0 Å². The first-order valence-corrected chi connectivity index (χ1v) is 8.16. The number of rotatable bonds is 13. The van der Waals surface area contributed by atoms with E-state index in [1.54, 1.807) is 11.8 Å². The average Bonchev–Trinajstić information content (AvgIpc) is 2.52. The van der Waals surface area contributed by atoms with Crippen LogP contribution in [0.25, 0.3) is 0 Å². The average molecular weight is 334 g/mol. The number of carbonyl (C=O) groups is 1. The monoisotopic (exact) mass is 334 g/mol. The number of carbonyl (C=O) groups excluding carboxylic acids is 1. The topological polar surface area (TPSA) is 95.9 Å². The smallest absolute Gasteiger partial charge is 0.548 e. The third-order valence-corrected chi connectivity index (χ3v) is 3.58. The van der Waals surface area contributed by atoms with Gasteiger partial charge in [0, 0.05) is 32.2 Å². The number of hydrogen-bond acceptors (Lipinski definition) is 6. The summed E-state index contributed by atoms with van der Waals surface area (Å²) in [6.45, 7) is 7.02. The van der Waals surface area contributed by atoms with Crippen molar-refractivity contribution in [2.75, 3.05) is 26.2 Å². The van der Waals surface area contributed by atoms with Crippen molar-refractivity contribution < 1.29 is 39.0 Å². The largest absolute Gasteiger partial charge is 1.00 e. The predicted molar refractivity (Wildman–Crippen MR) is 89.8 cm³/mol. The fourth-order valence-corrected chi connectivity index (χ4v) is 2.10. The fourth-order valence-electron chi connectivity index (χ4n) is 2.10. The van der Waals surface area contributed by atoms with Gasteiger partial charge in [-0.3, -0.25) is 4.90 Å². The summed E-state index contributed by atoms with van der Waals surface area (Å²) < 4.78 is 0. The van der Waals surface area contributed by atoms with Crippen LogP contribution < -0.4 is 29.3 Å². The van der Waals surface area contributed by atoms with E-state index in [9.17, 15) is 20.1 Å². The number of aliphatic carboxylic acids is 1. The summed E-state index contributed by atoms with van der Waals surface area (Å²) in [5.41, 5.74) is 0. The Balaban J connectivity index is 0. The normalized spacial score (nSPS) is 15.6. The molecule has 0 aliphatic carbocycles. The predicted octanol–water partition coefficient (Wildman–Crippen LogP) is -3.33. The van der Waals surface area contributed by atoms with Gasteiger partial charge in [0.05, 0.1) is 18.2 Å². The minimum atomic E-state index is -1.16. The number of allylic oxidation sites excluding steroid dienone is 2. The van der Waals surface area contributed by atoms with Crippen molar-refractivity contribution in [3.63, 3.8) is 0 Å². The van der Waals surface area contributed by atoms with Crippen LogP contribution in [0.2, 0.25) is 0 Å². The third-order valence-electron chi connectivity index (χ3n) is 3.58. The Labute approximate surface area is 157 Å². The molecule has 0 aromatic carbocycles. The summed E-state index contributed by atoms with van der Waals surface area (Å²) in [5, 5.41) is 33.8. The second kappa shape index (κ2) is 15.9. The SMILES string of the molecule is C/C=C/CC(O)CNCCN(CC(O)C/C=C/C)C(C)C(=O)[O-].[Li+]. The van der Waals surface area contributed by atoms with E-state index >= 15 is 0 Å². The van der Waals surface area contributed by atoms with Gasteiger partial charge in [0.15, 0.2) is 0 Å². The van der Waals surface area contributed by atoms with Gasteiger partial charge >= 0.3 is 18.9 Å². The first-order valence-electron chi connectivity index (χ1n) is 8.16. The number of carboxylic acid groups (broad SMARTS) is 1. The van der Waals surface area contributed by atoms with Crippen LogP contribution in [-0.2, 0) is 4.79 Å². The number of hydrogen-bond donors (Lipinski definition) is 3. The molecular formula is C17H31LiN2O4. The molecule has 3 N–H and O–H groups in total. The number of aliphatic hydroxyl groups excluding tert-OH is 2. The van der Waals surface area contributed by atoms with Gasteiger partial charge in [-0.25, -0.2) is 0 Å². The van der Waals surface area contributed by atoms with Crippen molar-refractivity contribution in [3.05, 3.63) is 24.3 Å². The Kier molecular flexibility index (Phi) is 17.0. The van der Waals surface area contributed by atoms with Gasteiger partial charge in [0.25, 0.3) is 0 Å². The molecule has 3 unspecified atom stereocenters. The van der Waals surface area contributed by atoms with Gasteiger partial charge in [0.2, 0.25) is 0 Å². The summed E-state index contributed by atoms with van der Waals surface area (Å²) in [6.07, 6.45) is 7.48. The Morgan fingerprint density at radius 3 is 2.21 bits per heavy atom. The molecule has 7 heteroatoms. The van der Waals surface area contributed by atoms with E-state index < -0.39 is 24.2 Å². The molecule has 0 heterocycles. The summed E-state index contributed by atoms with van der Waals surface area (Å²) in [4.78, 5) is 12.8. The van der Waals surface area contributed by atoms with E-state index in [0.717, 1.165) is 0 Å². The van der Waals surface area contributed by atoms with E-state index in [2.05, 4.69) is 5.32 Å². The van der Waals surface area contributed by atoms with E-state index in [0.29, 0.717) is 32.5 Å². The van der Waals surface area contributed by atoms with E-state index in [1.165, 1.54) is 0 Å². The molecule has 0 fully saturated rings. The van der Waals surface area contributed by atoms with E-state index in [-0.39, 0.29) is 25.4 Å². The van der Waals surface area contributed by atoms with Crippen LogP contribution in [0.4, 0.5) is 0 Å². The molecule has 0 spiro atoms. The van der Waals surface area contributed by atoms with Crippen LogP contribution in [-0.4, -0.2) is 65.5 Å². The van der Waals surface area contributed by atoms with Crippen LogP contribution in [0.3, 0.4) is 0 Å². The number of aliphatic hydroxyl groups is 2. The molecule has 134 valence electrons. The molecule has 0 aromatic heterocycles. The van der Waals surface area contributed by atoms with Crippen molar-refractivity contribution in [3.8, 4) is 0 Å². The van der Waals surface area contributed by atoms with Crippen molar-refractivity contribution in [2.45, 2.75) is 51.9 Å². The van der Waals surface area contributed by atoms with Gasteiger partial charge in [-0.15, -0.1) is 0 Å². The summed E-state index contributed by atoms with van der Waals surface area (Å²) in [7, 11) is 0. The molecule has 0 saturated carbocycles. The van der Waals surface area contributed by atoms with Gasteiger partial charge in [0.1, 0.15) is 0 Å². The molecular weight excluding hydrogens is 303 g/mol. The Morgan fingerprint density at radius 1 is 1.17 bits per heavy atom. The molecule has 0 aliphatic heterocycles. The molecule has 0 aromatic rings. The maximum absolute atomic E-state index is 11.1. The van der Waals surface area contributed by atoms with Crippen LogP contribution >= 0.6 is 0 Å². The Bertz CT molecular complexity index is 378. The molecule has 0 amide bonds. The van der Waals surface area contributed by atoms with E-state index in [1.807, 2.05) is 38.2 Å². The maximum atomic E-state index is 11.1. The minimum absolute atomic E-state index is 0. The first-order chi connectivity index (χ1) is 10.9. The molecule has 0 saturated heterocycles. The quantitative estimate of drug-likeness (QED) is 0.185. The van der Waals surface area contributed by atoms with Crippen LogP contribution in [0.5, 0.6) is 0 Å². The van der Waals surface area contributed by atoms with Crippen LogP contribution in [0, 0.1) is 0 Å². The number of nitrogens with zero attached hydrogens (tertiary/aromatic N) is 1. The number of nitrogens with one attached hydrogen (secondary N) is 1. The van der Waals surface area contributed by atoms with Crippen molar-refractivity contribution in [2.24, 2.45) is 0 Å². The minimum Gasteiger partial charge on any atom is -0.548 e. The van der Waals surface area contributed by atoms with Gasteiger partial charge in [-0.1, -0.05) is 24.3 Å². The summed E-state index contributed by atoms with van der Waals surface area (Å²) in [5.74, 6) is -1.16. The van der Waals surface area contributed by atoms with Crippen molar-refractivity contribution in [1.29, 1.82) is 0 Å². The molecule has 24 heavy (non-hydrogen) atoms. The molecule has 6 nitrogen and oxygen atoms in total. The van der Waals surface area contributed by atoms with Crippen LogP contribution in [0.1, 0.15) is 33.6 Å². The summed E-state index contributed by atoms with van der Waals surface area (Å²) in [6, 6.07) is -0.773. The second-order valence-electron chi connectivity index (χ2n) is 5.61. The molecule has 0 radical (unpaired) electrons. The zero-order valence-corrected chi connectivity index (χ0v) is 15.4. The fraction of sp³-hybridized carbons (Fsp3) is 0.706. The molecule has 0 rings (SSSR count). The second-order valence-corrected chi connectivity index (χ2v) is 5.61. The Morgan fingerprint density at radius 2 is 1.71 bits per heavy atom. The zero-order valence-electron chi connectivity index (χ0n) is 15.4. The standard InChI is InChI=1S/C17H32N2O4.Li/c1-4-6-8-15(20)12-18-10-11-19(14(3)17(22)23)13-16(21)9-7-5-2;/h4-7,14-16,18,20-21H,8-13H2,1-3H3,(H,22,23);/q;+1/p-1/b6-4+,7-5+;. The van der Waals surface area contributed by atoms with Gasteiger partial charge in [-0.2, -0.15) is 0 Å². The first kappa shape index (κ1) is 25.6. The molecule has 0 bridgehead atoms. The molecule has 3 atom stereocenters. The summed E-state index contributed by atoms with van der Waals surface area (Å²) >= 11 is 0. The Hall–Kier alpha value is -0.613. The van der Waals surface area contributed by atoms with Gasteiger partial charge < -0.3 is 25.4 Å². The van der Waals surface area contributed by atoms with Crippen molar-refractivity contribution in [1.82, 2.24) is 10.2 Å². The maximum Gasteiger partial charge on any atom is 1.00 e. The third kappa shape index (κ3) is 12.8. The van der Waals surface area contributed by atoms with Crippen LogP contribution in [0.15, 0.2) is 24.3 Å². The van der Waals surface area contributed by atoms with Gasteiger partial charge in [-0.05, 0) is 33.6 Å². The zero-order chi connectivity index (χ0) is 17.7. The molecule has 0 aliphatic rings.